The number of amides is 1. The van der Waals surface area contributed by atoms with Crippen LogP contribution < -0.4 is 16.0 Å². The van der Waals surface area contributed by atoms with E-state index in [2.05, 4.69) is 52.5 Å². The molecule has 156 valence electrons. The van der Waals surface area contributed by atoms with Crippen molar-refractivity contribution in [3.05, 3.63) is 29.8 Å². The summed E-state index contributed by atoms with van der Waals surface area (Å²) in [6.07, 6.45) is 7.55. The molecule has 1 aromatic rings. The first kappa shape index (κ1) is 26.2. The van der Waals surface area contributed by atoms with Gasteiger partial charge in [-0.05, 0) is 57.6 Å². The smallest absolute Gasteiger partial charge is 0.243 e. The number of anilines is 1. The van der Waals surface area contributed by atoms with Gasteiger partial charge in [0.2, 0.25) is 5.91 Å². The average Bonchev–Trinajstić information content (AvgIpc) is 2.68. The highest BCUT2D eigenvalue weighted by atomic mass is 127. The largest absolute Gasteiger partial charge is 0.354 e. The van der Waals surface area contributed by atoms with Gasteiger partial charge in [-0.15, -0.1) is 30.4 Å². The van der Waals surface area contributed by atoms with Gasteiger partial charge in [0, 0.05) is 24.3 Å². The van der Waals surface area contributed by atoms with Crippen LogP contribution >= 0.6 is 24.0 Å². The maximum atomic E-state index is 12.1. The van der Waals surface area contributed by atoms with E-state index in [4.69, 9.17) is 6.42 Å². The molecule has 0 fully saturated rings. The van der Waals surface area contributed by atoms with Gasteiger partial charge in [-0.25, -0.2) is 0 Å². The molecule has 1 amide bonds. The standard InChI is InChI=1S/C21H33N5O.HI/c1-6-18-12-9-13-19(15-18)25-20(27)16-23-21(22-5)24-17(4)11-10-14-26(7-2)8-3;/h1,9,12-13,15,17H,7-8,10-11,14,16H2,2-5H3,(H,25,27)(H2,22,23,24);1H. The van der Waals surface area contributed by atoms with E-state index in [-0.39, 0.29) is 42.5 Å². The fourth-order valence-corrected chi connectivity index (χ4v) is 2.72. The van der Waals surface area contributed by atoms with Crippen molar-refractivity contribution in [1.29, 1.82) is 0 Å². The van der Waals surface area contributed by atoms with Gasteiger partial charge in [0.15, 0.2) is 5.96 Å². The number of rotatable bonds is 10. The van der Waals surface area contributed by atoms with Crippen LogP contribution in [-0.4, -0.2) is 56.0 Å². The second-order valence-electron chi connectivity index (χ2n) is 6.41. The lowest BCUT2D eigenvalue weighted by Crippen LogP contribution is -2.45. The minimum absolute atomic E-state index is 0. The van der Waals surface area contributed by atoms with Crippen LogP contribution in [-0.2, 0) is 4.79 Å². The van der Waals surface area contributed by atoms with Crippen LogP contribution in [0.25, 0.3) is 0 Å². The molecular formula is C21H34IN5O. The zero-order chi connectivity index (χ0) is 20.1. The van der Waals surface area contributed by atoms with Crippen LogP contribution in [0.4, 0.5) is 5.69 Å². The summed E-state index contributed by atoms with van der Waals surface area (Å²) in [5.41, 5.74) is 1.42. The Bertz CT molecular complexity index is 652. The van der Waals surface area contributed by atoms with E-state index in [1.54, 1.807) is 13.1 Å². The third kappa shape index (κ3) is 10.5. The molecule has 1 aromatic carbocycles. The Morgan fingerprint density at radius 2 is 2.04 bits per heavy atom. The summed E-state index contributed by atoms with van der Waals surface area (Å²) in [6, 6.07) is 7.49. The lowest BCUT2D eigenvalue weighted by Gasteiger charge is -2.21. The minimum Gasteiger partial charge on any atom is -0.354 e. The van der Waals surface area contributed by atoms with Crippen molar-refractivity contribution in [1.82, 2.24) is 15.5 Å². The Kier molecular flexibility index (Phi) is 14.2. The summed E-state index contributed by atoms with van der Waals surface area (Å²) < 4.78 is 0. The van der Waals surface area contributed by atoms with Gasteiger partial charge in [0.25, 0.3) is 0 Å². The van der Waals surface area contributed by atoms with E-state index in [0.29, 0.717) is 11.6 Å². The summed E-state index contributed by atoms with van der Waals surface area (Å²) >= 11 is 0. The molecule has 28 heavy (non-hydrogen) atoms. The monoisotopic (exact) mass is 499 g/mol. The highest BCUT2D eigenvalue weighted by molar-refractivity contribution is 14.0. The first-order valence-electron chi connectivity index (χ1n) is 9.58. The molecule has 0 aromatic heterocycles. The SMILES string of the molecule is C#Cc1cccc(NC(=O)CNC(=NC)NC(C)CCCN(CC)CC)c1.I. The highest BCUT2D eigenvalue weighted by Gasteiger charge is 2.08. The van der Waals surface area contributed by atoms with Crippen LogP contribution in [0.1, 0.15) is 39.2 Å². The fourth-order valence-electron chi connectivity index (χ4n) is 2.72. The molecule has 0 saturated heterocycles. The second-order valence-corrected chi connectivity index (χ2v) is 6.41. The van der Waals surface area contributed by atoms with Crippen LogP contribution in [0.2, 0.25) is 0 Å². The number of aliphatic imine (C=N–C) groups is 1. The molecule has 0 aliphatic rings. The van der Waals surface area contributed by atoms with Gasteiger partial charge in [-0.2, -0.15) is 0 Å². The Balaban J connectivity index is 0.00000729. The maximum absolute atomic E-state index is 12.1. The number of halogens is 1. The predicted octanol–water partition coefficient (Wildman–Crippen LogP) is 2.90. The molecule has 0 bridgehead atoms. The summed E-state index contributed by atoms with van der Waals surface area (Å²) in [4.78, 5) is 18.7. The van der Waals surface area contributed by atoms with Crippen LogP contribution in [0.5, 0.6) is 0 Å². The molecule has 1 atom stereocenters. The molecule has 0 radical (unpaired) electrons. The minimum atomic E-state index is -0.152. The van der Waals surface area contributed by atoms with Crippen molar-refractivity contribution >= 4 is 41.5 Å². The molecule has 1 unspecified atom stereocenters. The highest BCUT2D eigenvalue weighted by Crippen LogP contribution is 2.09. The molecule has 0 saturated carbocycles. The van der Waals surface area contributed by atoms with Crippen molar-refractivity contribution in [3.8, 4) is 12.3 Å². The topological polar surface area (TPSA) is 68.8 Å². The van der Waals surface area contributed by atoms with Crippen molar-refractivity contribution in [2.24, 2.45) is 4.99 Å². The van der Waals surface area contributed by atoms with Crippen LogP contribution in [0.15, 0.2) is 29.3 Å². The number of carbonyl (C=O) groups excluding carboxylic acids is 1. The lowest BCUT2D eigenvalue weighted by atomic mass is 10.2. The Hall–Kier alpha value is -1.79. The number of hydrogen-bond acceptors (Lipinski definition) is 3. The molecule has 3 N–H and O–H groups in total. The molecule has 0 aliphatic heterocycles. The number of hydrogen-bond donors (Lipinski definition) is 3. The normalized spacial score (nSPS) is 11.9. The third-order valence-electron chi connectivity index (χ3n) is 4.34. The zero-order valence-corrected chi connectivity index (χ0v) is 19.7. The van der Waals surface area contributed by atoms with Crippen molar-refractivity contribution in [2.75, 3.05) is 38.5 Å². The summed E-state index contributed by atoms with van der Waals surface area (Å²) in [6.45, 7) is 9.90. The number of nitrogens with one attached hydrogen (secondary N) is 3. The second kappa shape index (κ2) is 15.2. The Morgan fingerprint density at radius 3 is 2.64 bits per heavy atom. The number of carbonyl (C=O) groups is 1. The number of terminal acetylenes is 1. The molecule has 0 heterocycles. The first-order valence-corrected chi connectivity index (χ1v) is 9.58. The number of guanidine groups is 1. The van der Waals surface area contributed by atoms with Gasteiger partial charge in [-0.3, -0.25) is 9.79 Å². The molecule has 1 rings (SSSR count). The molecule has 6 nitrogen and oxygen atoms in total. The maximum Gasteiger partial charge on any atom is 0.243 e. The van der Waals surface area contributed by atoms with Gasteiger partial charge < -0.3 is 20.9 Å². The van der Waals surface area contributed by atoms with Gasteiger partial charge in [0.05, 0.1) is 6.54 Å². The fraction of sp³-hybridized carbons (Fsp3) is 0.524. The van der Waals surface area contributed by atoms with Crippen LogP contribution in [0, 0.1) is 12.3 Å². The van der Waals surface area contributed by atoms with Gasteiger partial charge in [-0.1, -0.05) is 25.8 Å². The third-order valence-corrected chi connectivity index (χ3v) is 4.34. The predicted molar refractivity (Wildman–Crippen MR) is 129 cm³/mol. The van der Waals surface area contributed by atoms with E-state index < -0.39 is 0 Å². The quantitative estimate of drug-likeness (QED) is 0.201. The van der Waals surface area contributed by atoms with Crippen molar-refractivity contribution in [3.63, 3.8) is 0 Å². The first-order chi connectivity index (χ1) is 13.0. The molecule has 7 heteroatoms. The van der Waals surface area contributed by atoms with Crippen LogP contribution in [0.3, 0.4) is 0 Å². The lowest BCUT2D eigenvalue weighted by molar-refractivity contribution is -0.115. The Labute approximate surface area is 187 Å². The summed E-state index contributed by atoms with van der Waals surface area (Å²) in [7, 11) is 1.70. The zero-order valence-electron chi connectivity index (χ0n) is 17.4. The summed E-state index contributed by atoms with van der Waals surface area (Å²) in [5, 5.41) is 9.20. The number of benzene rings is 1. The van der Waals surface area contributed by atoms with Gasteiger partial charge in [0.1, 0.15) is 0 Å². The van der Waals surface area contributed by atoms with E-state index in [9.17, 15) is 4.79 Å². The van der Waals surface area contributed by atoms with E-state index >= 15 is 0 Å². The Morgan fingerprint density at radius 1 is 1.32 bits per heavy atom. The molecule has 0 aliphatic carbocycles. The van der Waals surface area contributed by atoms with E-state index in [1.807, 2.05) is 18.2 Å². The van der Waals surface area contributed by atoms with Crippen molar-refractivity contribution in [2.45, 2.75) is 39.7 Å². The average molecular weight is 499 g/mol. The summed E-state index contributed by atoms with van der Waals surface area (Å²) in [5.74, 6) is 3.02. The van der Waals surface area contributed by atoms with Gasteiger partial charge >= 0.3 is 0 Å². The van der Waals surface area contributed by atoms with Crippen molar-refractivity contribution < 1.29 is 4.79 Å². The molecule has 0 spiro atoms. The molecular weight excluding hydrogens is 465 g/mol. The van der Waals surface area contributed by atoms with E-state index in [1.165, 1.54) is 0 Å². The number of nitrogens with zero attached hydrogens (tertiary/aromatic N) is 2. The van der Waals surface area contributed by atoms with E-state index in [0.717, 1.165) is 38.0 Å².